The summed E-state index contributed by atoms with van der Waals surface area (Å²) >= 11 is 3.12. The monoisotopic (exact) mass is 486 g/mol. The summed E-state index contributed by atoms with van der Waals surface area (Å²) in [4.78, 5) is 22.7. The van der Waals surface area contributed by atoms with Crippen molar-refractivity contribution in [2.45, 2.75) is 37.0 Å². The van der Waals surface area contributed by atoms with Crippen molar-refractivity contribution in [3.63, 3.8) is 0 Å². The molecule has 0 spiro atoms. The van der Waals surface area contributed by atoms with Crippen LogP contribution in [0.15, 0.2) is 28.7 Å². The van der Waals surface area contributed by atoms with Gasteiger partial charge in [-0.2, -0.15) is 26.3 Å². The maximum Gasteiger partial charge on any atom is 0.381 e. The van der Waals surface area contributed by atoms with Crippen LogP contribution in [0.1, 0.15) is 12.8 Å². The summed E-state index contributed by atoms with van der Waals surface area (Å²) in [7, 11) is 0. The zero-order chi connectivity index (χ0) is 21.8. The van der Waals surface area contributed by atoms with Crippen molar-refractivity contribution < 1.29 is 54.2 Å². The van der Waals surface area contributed by atoms with E-state index in [4.69, 9.17) is 4.74 Å². The highest BCUT2D eigenvalue weighted by molar-refractivity contribution is 9.10. The number of rotatable bonds is 9. The second-order valence-electron chi connectivity index (χ2n) is 5.29. The van der Waals surface area contributed by atoms with Crippen molar-refractivity contribution in [1.82, 2.24) is 0 Å². The molecule has 1 rings (SSSR count). The number of carbonyl (C=O) groups is 2. The molecule has 0 unspecified atom stereocenters. The van der Waals surface area contributed by atoms with Crippen molar-refractivity contribution in [2.24, 2.45) is 0 Å². The molecule has 0 atom stereocenters. The van der Waals surface area contributed by atoms with E-state index in [0.29, 0.717) is 4.47 Å². The Labute approximate surface area is 160 Å². The third-order valence-electron chi connectivity index (χ3n) is 3.15. The van der Waals surface area contributed by atoms with Gasteiger partial charge < -0.3 is 9.47 Å². The molecule has 0 saturated heterocycles. The number of carbonyl (C=O) groups excluding carboxylic acids is 2. The van der Waals surface area contributed by atoms with Crippen LogP contribution in [0.3, 0.4) is 0 Å². The third kappa shape index (κ3) is 5.79. The quantitative estimate of drug-likeness (QED) is 0.284. The second-order valence-corrected chi connectivity index (χ2v) is 6.21. The van der Waals surface area contributed by atoms with Crippen LogP contribution in [-0.4, -0.2) is 42.7 Å². The van der Waals surface area contributed by atoms with Gasteiger partial charge in [-0.1, -0.05) is 15.9 Å². The molecule has 0 amide bonds. The van der Waals surface area contributed by atoms with E-state index in [1.54, 1.807) is 0 Å². The normalized spacial score (nSPS) is 12.8. The Bertz CT molecular complexity index is 694. The molecule has 0 bridgehead atoms. The van der Waals surface area contributed by atoms with E-state index in [1.807, 2.05) is 0 Å². The fraction of sp³-hybridized carbons (Fsp3) is 0.467. The average Bonchev–Trinajstić information content (AvgIpc) is 2.59. The molecule has 1 aromatic carbocycles. The molecule has 0 aliphatic carbocycles. The van der Waals surface area contributed by atoms with Gasteiger partial charge in [0.25, 0.3) is 0 Å². The number of esters is 2. The first-order chi connectivity index (χ1) is 12.7. The standard InChI is InChI=1S/C15H11BrF8O4/c16-8-1-3-9(4-2-8)28-11(26)6-5-10(25)27-7-13(19,20)15(23,24)14(21,22)12(17)18/h1-4,12H,5-7H2. The minimum absolute atomic E-state index is 0.0852. The van der Waals surface area contributed by atoms with E-state index in [0.717, 1.165) is 0 Å². The van der Waals surface area contributed by atoms with Crippen LogP contribution in [0.2, 0.25) is 0 Å². The summed E-state index contributed by atoms with van der Waals surface area (Å²) < 4.78 is 111. The highest BCUT2D eigenvalue weighted by atomic mass is 79.9. The van der Waals surface area contributed by atoms with Gasteiger partial charge in [0.15, 0.2) is 6.61 Å². The zero-order valence-corrected chi connectivity index (χ0v) is 15.1. The van der Waals surface area contributed by atoms with Gasteiger partial charge in [0.05, 0.1) is 12.8 Å². The zero-order valence-electron chi connectivity index (χ0n) is 13.5. The molecule has 4 nitrogen and oxygen atoms in total. The van der Waals surface area contributed by atoms with E-state index in [-0.39, 0.29) is 5.75 Å². The molecule has 28 heavy (non-hydrogen) atoms. The second kappa shape index (κ2) is 9.05. The lowest BCUT2D eigenvalue weighted by Crippen LogP contribution is -2.59. The first kappa shape index (κ1) is 24.1. The fourth-order valence-electron chi connectivity index (χ4n) is 1.60. The van der Waals surface area contributed by atoms with Crippen LogP contribution in [0, 0.1) is 0 Å². The van der Waals surface area contributed by atoms with Gasteiger partial charge in [0, 0.05) is 4.47 Å². The summed E-state index contributed by atoms with van der Waals surface area (Å²) in [6.07, 6.45) is -6.68. The molecule has 158 valence electrons. The SMILES string of the molecule is O=C(CCC(=O)Oc1ccc(Br)cc1)OCC(F)(F)C(F)(F)C(F)(F)C(F)F. The molecule has 0 aliphatic heterocycles. The predicted molar refractivity (Wildman–Crippen MR) is 80.8 cm³/mol. The van der Waals surface area contributed by atoms with Gasteiger partial charge in [0.1, 0.15) is 5.75 Å². The van der Waals surface area contributed by atoms with Crippen molar-refractivity contribution in [2.75, 3.05) is 6.61 Å². The van der Waals surface area contributed by atoms with E-state index < -0.39 is 55.6 Å². The van der Waals surface area contributed by atoms with Crippen LogP contribution in [0.25, 0.3) is 0 Å². The number of ether oxygens (including phenoxy) is 2. The Morgan fingerprint density at radius 2 is 1.43 bits per heavy atom. The van der Waals surface area contributed by atoms with Crippen LogP contribution in [0.4, 0.5) is 35.1 Å². The van der Waals surface area contributed by atoms with Crippen LogP contribution in [-0.2, 0) is 14.3 Å². The molecule has 0 fully saturated rings. The number of halogens is 9. The van der Waals surface area contributed by atoms with E-state index in [2.05, 4.69) is 20.7 Å². The van der Waals surface area contributed by atoms with Crippen molar-refractivity contribution in [3.05, 3.63) is 28.7 Å². The van der Waals surface area contributed by atoms with Gasteiger partial charge in [0.2, 0.25) is 0 Å². The molecular weight excluding hydrogens is 476 g/mol. The Balaban J connectivity index is 2.54. The van der Waals surface area contributed by atoms with Gasteiger partial charge in [-0.25, -0.2) is 8.78 Å². The van der Waals surface area contributed by atoms with E-state index in [1.165, 1.54) is 24.3 Å². The van der Waals surface area contributed by atoms with Gasteiger partial charge in [-0.05, 0) is 24.3 Å². The summed E-state index contributed by atoms with van der Waals surface area (Å²) in [5.74, 6) is -21.1. The molecule has 0 N–H and O–H groups in total. The van der Waals surface area contributed by atoms with E-state index in [9.17, 15) is 44.7 Å². The highest BCUT2D eigenvalue weighted by Gasteiger charge is 2.75. The lowest BCUT2D eigenvalue weighted by Gasteiger charge is -2.31. The number of hydrogen-bond acceptors (Lipinski definition) is 4. The smallest absolute Gasteiger partial charge is 0.381 e. The molecular formula is C15H11BrF8O4. The van der Waals surface area contributed by atoms with Crippen LogP contribution in [0.5, 0.6) is 5.75 Å². The average molecular weight is 487 g/mol. The minimum atomic E-state index is -6.48. The number of alkyl halides is 8. The highest BCUT2D eigenvalue weighted by Crippen LogP contribution is 2.48. The molecule has 0 heterocycles. The molecule has 13 heteroatoms. The van der Waals surface area contributed by atoms with Crippen LogP contribution < -0.4 is 4.74 Å². The van der Waals surface area contributed by atoms with E-state index >= 15 is 0 Å². The summed E-state index contributed by atoms with van der Waals surface area (Å²) in [5.41, 5.74) is 0. The topological polar surface area (TPSA) is 52.6 Å². The molecule has 0 aromatic heterocycles. The maximum absolute atomic E-state index is 13.2. The summed E-state index contributed by atoms with van der Waals surface area (Å²) in [5, 5.41) is 0. The Morgan fingerprint density at radius 3 is 1.93 bits per heavy atom. The van der Waals surface area contributed by atoms with Crippen molar-refractivity contribution >= 4 is 27.9 Å². The largest absolute Gasteiger partial charge is 0.459 e. The summed E-state index contributed by atoms with van der Waals surface area (Å²) in [6.45, 7) is -2.58. The molecule has 1 aromatic rings. The molecule has 0 saturated carbocycles. The molecule has 0 aliphatic rings. The number of hydrogen-bond donors (Lipinski definition) is 0. The lowest BCUT2D eigenvalue weighted by atomic mass is 10.1. The lowest BCUT2D eigenvalue weighted by molar-refractivity contribution is -0.344. The minimum Gasteiger partial charge on any atom is -0.459 e. The Hall–Kier alpha value is -1.92. The molecule has 0 radical (unpaired) electrons. The van der Waals surface area contributed by atoms with Crippen molar-refractivity contribution in [1.29, 1.82) is 0 Å². The van der Waals surface area contributed by atoms with Crippen molar-refractivity contribution in [3.8, 4) is 5.75 Å². The number of benzene rings is 1. The van der Waals surface area contributed by atoms with Crippen LogP contribution >= 0.6 is 15.9 Å². The maximum atomic E-state index is 13.2. The first-order valence-electron chi connectivity index (χ1n) is 7.24. The summed E-state index contributed by atoms with van der Waals surface area (Å²) in [6, 6.07) is 5.81. The van der Waals surface area contributed by atoms with Gasteiger partial charge in [-0.3, -0.25) is 9.59 Å². The van der Waals surface area contributed by atoms with Gasteiger partial charge in [-0.15, -0.1) is 0 Å². The Morgan fingerprint density at radius 1 is 0.929 bits per heavy atom. The fourth-order valence-corrected chi connectivity index (χ4v) is 1.87. The first-order valence-corrected chi connectivity index (χ1v) is 8.03. The third-order valence-corrected chi connectivity index (χ3v) is 3.67. The predicted octanol–water partition coefficient (Wildman–Crippen LogP) is 4.85. The Kier molecular flexibility index (Phi) is 7.80. The van der Waals surface area contributed by atoms with Gasteiger partial charge >= 0.3 is 36.1 Å².